The van der Waals surface area contributed by atoms with Crippen molar-refractivity contribution in [1.29, 1.82) is 0 Å². The maximum absolute atomic E-state index is 12.3. The van der Waals surface area contributed by atoms with E-state index in [1.165, 1.54) is 0 Å². The molecule has 1 atom stereocenters. The average Bonchev–Trinajstić information content (AvgIpc) is 2.61. The van der Waals surface area contributed by atoms with Gasteiger partial charge in [0.1, 0.15) is 6.61 Å². The molecule has 1 saturated heterocycles. The molecule has 0 aromatic heterocycles. The maximum atomic E-state index is 12.3. The van der Waals surface area contributed by atoms with Gasteiger partial charge in [-0.1, -0.05) is 24.1 Å². The summed E-state index contributed by atoms with van der Waals surface area (Å²) in [6.45, 7) is 2.10. The first-order chi connectivity index (χ1) is 11.5. The Morgan fingerprint density at radius 3 is 2.79 bits per heavy atom. The minimum atomic E-state index is -3.42. The molecule has 24 heavy (non-hydrogen) atoms. The minimum absolute atomic E-state index is 0.00909. The molecule has 0 radical (unpaired) electrons. The molecule has 0 N–H and O–H groups in total. The Bertz CT molecular complexity index is 679. The SMILES string of the molecule is C#CCOCC1CCCN(C(=O)CCS(=O)(=O)c2ccccc2)C1. The second kappa shape index (κ2) is 8.86. The number of nitrogens with zero attached hydrogens (tertiary/aromatic N) is 1. The van der Waals surface area contributed by atoms with Gasteiger partial charge >= 0.3 is 0 Å². The molecule has 0 spiro atoms. The largest absolute Gasteiger partial charge is 0.368 e. The molecule has 0 saturated carbocycles. The lowest BCUT2D eigenvalue weighted by molar-refractivity contribution is -0.133. The molecule has 1 fully saturated rings. The Hall–Kier alpha value is -1.84. The van der Waals surface area contributed by atoms with Crippen molar-refractivity contribution in [1.82, 2.24) is 4.90 Å². The van der Waals surface area contributed by atoms with Crippen LogP contribution in [0.5, 0.6) is 0 Å². The number of carbonyl (C=O) groups is 1. The van der Waals surface area contributed by atoms with Crippen LogP contribution in [0.25, 0.3) is 0 Å². The standard InChI is InChI=1S/C18H23NO4S/c1-2-12-23-15-16-7-6-11-19(14-16)18(20)10-13-24(21,22)17-8-4-3-5-9-17/h1,3-5,8-9,16H,6-7,10-15H2. The molecule has 1 aliphatic rings. The lowest BCUT2D eigenvalue weighted by Gasteiger charge is -2.32. The first kappa shape index (κ1) is 18.5. The van der Waals surface area contributed by atoms with E-state index < -0.39 is 9.84 Å². The number of terminal acetylenes is 1. The van der Waals surface area contributed by atoms with Gasteiger partial charge < -0.3 is 9.64 Å². The second-order valence-corrected chi connectivity index (χ2v) is 8.06. The van der Waals surface area contributed by atoms with Crippen LogP contribution in [0.3, 0.4) is 0 Å². The summed E-state index contributed by atoms with van der Waals surface area (Å²) in [6.07, 6.45) is 7.06. The Kier molecular flexibility index (Phi) is 6.83. The number of hydrogen-bond donors (Lipinski definition) is 0. The summed E-state index contributed by atoms with van der Waals surface area (Å²) in [5, 5.41) is 0. The summed E-state index contributed by atoms with van der Waals surface area (Å²) in [5.41, 5.74) is 0. The van der Waals surface area contributed by atoms with E-state index in [9.17, 15) is 13.2 Å². The highest BCUT2D eigenvalue weighted by Gasteiger charge is 2.25. The van der Waals surface area contributed by atoms with E-state index in [0.29, 0.717) is 19.7 Å². The molecule has 5 nitrogen and oxygen atoms in total. The molecule has 130 valence electrons. The Morgan fingerprint density at radius 1 is 1.33 bits per heavy atom. The van der Waals surface area contributed by atoms with Crippen molar-refractivity contribution in [2.45, 2.75) is 24.2 Å². The van der Waals surface area contributed by atoms with Gasteiger partial charge in [-0.2, -0.15) is 0 Å². The zero-order chi connectivity index (χ0) is 17.4. The number of sulfone groups is 1. The molecule has 1 heterocycles. The zero-order valence-corrected chi connectivity index (χ0v) is 14.5. The summed E-state index contributed by atoms with van der Waals surface area (Å²) in [7, 11) is -3.42. The van der Waals surface area contributed by atoms with Gasteiger partial charge in [0.05, 0.1) is 17.3 Å². The topological polar surface area (TPSA) is 63.7 Å². The van der Waals surface area contributed by atoms with Crippen LogP contribution in [0.4, 0.5) is 0 Å². The fraction of sp³-hybridized carbons (Fsp3) is 0.500. The average molecular weight is 349 g/mol. The lowest BCUT2D eigenvalue weighted by Crippen LogP contribution is -2.41. The highest BCUT2D eigenvalue weighted by atomic mass is 32.2. The Labute approximate surface area is 143 Å². The van der Waals surface area contributed by atoms with E-state index in [1.807, 2.05) is 0 Å². The van der Waals surface area contributed by atoms with Crippen LogP contribution in [0, 0.1) is 18.3 Å². The smallest absolute Gasteiger partial charge is 0.223 e. The third kappa shape index (κ3) is 5.36. The van der Waals surface area contributed by atoms with Crippen LogP contribution >= 0.6 is 0 Å². The van der Waals surface area contributed by atoms with Crippen molar-refractivity contribution >= 4 is 15.7 Å². The first-order valence-corrected chi connectivity index (χ1v) is 9.75. The van der Waals surface area contributed by atoms with Crippen molar-refractivity contribution in [2.24, 2.45) is 5.92 Å². The van der Waals surface area contributed by atoms with Crippen molar-refractivity contribution in [3.05, 3.63) is 30.3 Å². The quantitative estimate of drug-likeness (QED) is 0.556. The van der Waals surface area contributed by atoms with Crippen LogP contribution in [0.1, 0.15) is 19.3 Å². The van der Waals surface area contributed by atoms with Crippen LogP contribution in [0.15, 0.2) is 35.2 Å². The number of piperidine rings is 1. The molecule has 0 bridgehead atoms. The normalized spacial score (nSPS) is 18.1. The van der Waals surface area contributed by atoms with Gasteiger partial charge in [-0.3, -0.25) is 4.79 Å². The van der Waals surface area contributed by atoms with Crippen molar-refractivity contribution in [3.8, 4) is 12.3 Å². The van der Waals surface area contributed by atoms with E-state index in [2.05, 4.69) is 5.92 Å². The first-order valence-electron chi connectivity index (χ1n) is 8.09. The third-order valence-corrected chi connectivity index (χ3v) is 5.83. The second-order valence-electron chi connectivity index (χ2n) is 5.95. The molecular formula is C18H23NO4S. The van der Waals surface area contributed by atoms with Crippen LogP contribution in [-0.2, 0) is 19.4 Å². The van der Waals surface area contributed by atoms with Gasteiger partial charge in [0.15, 0.2) is 9.84 Å². The summed E-state index contributed by atoms with van der Waals surface area (Å²) < 4.78 is 29.8. The van der Waals surface area contributed by atoms with Gasteiger partial charge in [0, 0.05) is 19.5 Å². The lowest BCUT2D eigenvalue weighted by atomic mass is 9.99. The summed E-state index contributed by atoms with van der Waals surface area (Å²) in [6, 6.07) is 8.24. The zero-order valence-electron chi connectivity index (χ0n) is 13.7. The number of amides is 1. The van der Waals surface area contributed by atoms with Gasteiger partial charge in [-0.15, -0.1) is 6.42 Å². The summed E-state index contributed by atoms with van der Waals surface area (Å²) >= 11 is 0. The molecule has 1 aliphatic heterocycles. The number of hydrogen-bond acceptors (Lipinski definition) is 4. The highest BCUT2D eigenvalue weighted by molar-refractivity contribution is 7.91. The molecule has 6 heteroatoms. The van der Waals surface area contributed by atoms with Gasteiger partial charge in [0.25, 0.3) is 0 Å². The predicted octanol–water partition coefficient (Wildman–Crippen LogP) is 1.74. The summed E-state index contributed by atoms with van der Waals surface area (Å²) in [5.74, 6) is 2.41. The van der Waals surface area contributed by atoms with Crippen molar-refractivity contribution in [2.75, 3.05) is 32.1 Å². The monoisotopic (exact) mass is 349 g/mol. The van der Waals surface area contributed by atoms with Crippen LogP contribution < -0.4 is 0 Å². The molecule has 1 unspecified atom stereocenters. The van der Waals surface area contributed by atoms with Crippen LogP contribution in [-0.4, -0.2) is 51.3 Å². The number of likely N-dealkylation sites (tertiary alicyclic amines) is 1. The van der Waals surface area contributed by atoms with Crippen LogP contribution in [0.2, 0.25) is 0 Å². The number of ether oxygens (including phenoxy) is 1. The molecule has 2 rings (SSSR count). The molecule has 1 amide bonds. The number of rotatable bonds is 7. The van der Waals surface area contributed by atoms with E-state index >= 15 is 0 Å². The van der Waals surface area contributed by atoms with Gasteiger partial charge in [-0.05, 0) is 30.9 Å². The number of carbonyl (C=O) groups excluding carboxylic acids is 1. The van der Waals surface area contributed by atoms with E-state index in [-0.39, 0.29) is 35.5 Å². The van der Waals surface area contributed by atoms with Gasteiger partial charge in [-0.25, -0.2) is 8.42 Å². The Balaban J connectivity index is 1.85. The highest BCUT2D eigenvalue weighted by Crippen LogP contribution is 2.18. The summed E-state index contributed by atoms with van der Waals surface area (Å²) in [4.78, 5) is 14.3. The molecule has 0 aliphatic carbocycles. The van der Waals surface area contributed by atoms with E-state index in [0.717, 1.165) is 12.8 Å². The minimum Gasteiger partial charge on any atom is -0.368 e. The molecule has 1 aromatic rings. The van der Waals surface area contributed by atoms with E-state index in [1.54, 1.807) is 35.2 Å². The van der Waals surface area contributed by atoms with Crippen molar-refractivity contribution in [3.63, 3.8) is 0 Å². The predicted molar refractivity (Wildman–Crippen MR) is 92.1 cm³/mol. The Morgan fingerprint density at radius 2 is 2.08 bits per heavy atom. The molecular weight excluding hydrogens is 326 g/mol. The van der Waals surface area contributed by atoms with Gasteiger partial charge in [0.2, 0.25) is 5.91 Å². The number of benzene rings is 1. The van der Waals surface area contributed by atoms with E-state index in [4.69, 9.17) is 11.2 Å². The fourth-order valence-electron chi connectivity index (χ4n) is 2.84. The van der Waals surface area contributed by atoms with Crippen molar-refractivity contribution < 1.29 is 17.9 Å². The maximum Gasteiger partial charge on any atom is 0.223 e. The fourth-order valence-corrected chi connectivity index (χ4v) is 4.09. The third-order valence-electron chi connectivity index (χ3n) is 4.10. The molecule has 1 aromatic carbocycles.